The molecule has 1 N–H and O–H groups in total. The van der Waals surface area contributed by atoms with Gasteiger partial charge in [0.15, 0.2) is 0 Å². The SMILES string of the molecule is CC(=O)OC(C/C=C(\C)C(=O)O)C(C)[C@H]1CC(OC(C)=O)[C@@]2(C)C3=CC[C@H]4C(C)(C)C(OC(C)=O)CC[C@]4(C)C3=CC[C@@]12C. The third-order valence-corrected chi connectivity index (χ3v) is 12.4. The number of carboxylic acids is 1. The van der Waals surface area contributed by atoms with Crippen molar-refractivity contribution in [3.63, 3.8) is 0 Å². The molecule has 0 amide bonds. The first-order valence-corrected chi connectivity index (χ1v) is 16.1. The summed E-state index contributed by atoms with van der Waals surface area (Å²) in [6, 6.07) is 0. The second-order valence-electron chi connectivity index (χ2n) is 15.1. The molecule has 0 heterocycles. The van der Waals surface area contributed by atoms with E-state index in [4.69, 9.17) is 14.2 Å². The fraction of sp³-hybridized carbons (Fsp3) is 0.722. The largest absolute Gasteiger partial charge is 0.478 e. The highest BCUT2D eigenvalue weighted by Gasteiger charge is 2.68. The fourth-order valence-corrected chi connectivity index (χ4v) is 9.83. The lowest BCUT2D eigenvalue weighted by atomic mass is 9.44. The molecule has 4 aliphatic rings. The van der Waals surface area contributed by atoms with Gasteiger partial charge in [0.05, 0.1) is 0 Å². The molecule has 44 heavy (non-hydrogen) atoms. The van der Waals surface area contributed by atoms with E-state index in [2.05, 4.69) is 53.7 Å². The molecule has 4 rings (SSSR count). The van der Waals surface area contributed by atoms with Crippen LogP contribution in [0.5, 0.6) is 0 Å². The van der Waals surface area contributed by atoms with Gasteiger partial charge >= 0.3 is 23.9 Å². The minimum atomic E-state index is -0.999. The molecule has 0 saturated heterocycles. The third kappa shape index (κ3) is 5.44. The molecule has 2 saturated carbocycles. The lowest BCUT2D eigenvalue weighted by Crippen LogP contribution is -2.56. The van der Waals surface area contributed by atoms with Crippen molar-refractivity contribution < 1.29 is 38.5 Å². The Bertz CT molecular complexity index is 1300. The molecule has 0 spiro atoms. The second kappa shape index (κ2) is 11.8. The van der Waals surface area contributed by atoms with E-state index in [9.17, 15) is 24.3 Å². The molecule has 4 aliphatic carbocycles. The zero-order chi connectivity index (χ0) is 33.0. The van der Waals surface area contributed by atoms with Crippen molar-refractivity contribution in [2.24, 2.45) is 39.4 Å². The van der Waals surface area contributed by atoms with Crippen LogP contribution in [0.1, 0.15) is 108 Å². The van der Waals surface area contributed by atoms with Crippen LogP contribution in [0.15, 0.2) is 34.9 Å². The van der Waals surface area contributed by atoms with Gasteiger partial charge in [0.25, 0.3) is 0 Å². The van der Waals surface area contributed by atoms with E-state index in [1.807, 2.05) is 0 Å². The number of ether oxygens (including phenoxy) is 3. The van der Waals surface area contributed by atoms with Gasteiger partial charge in [-0.3, -0.25) is 14.4 Å². The van der Waals surface area contributed by atoms with Gasteiger partial charge in [0.1, 0.15) is 18.3 Å². The number of aliphatic carboxylic acids is 1. The molecule has 2 fully saturated rings. The van der Waals surface area contributed by atoms with Crippen LogP contribution in [0.2, 0.25) is 0 Å². The molecule has 0 aromatic heterocycles. The average molecular weight is 613 g/mol. The predicted molar refractivity (Wildman–Crippen MR) is 166 cm³/mol. The lowest BCUT2D eigenvalue weighted by molar-refractivity contribution is -0.166. The molecule has 4 unspecified atom stereocenters. The van der Waals surface area contributed by atoms with Crippen LogP contribution in [0, 0.1) is 39.4 Å². The first kappa shape index (κ1) is 34.0. The van der Waals surface area contributed by atoms with E-state index in [-0.39, 0.29) is 63.7 Å². The van der Waals surface area contributed by atoms with E-state index in [1.165, 1.54) is 31.9 Å². The van der Waals surface area contributed by atoms with Crippen molar-refractivity contribution in [1.29, 1.82) is 0 Å². The first-order chi connectivity index (χ1) is 20.3. The summed E-state index contributed by atoms with van der Waals surface area (Å²) >= 11 is 0. The van der Waals surface area contributed by atoms with Crippen molar-refractivity contribution in [3.05, 3.63) is 34.9 Å². The number of hydrogen-bond donors (Lipinski definition) is 1. The summed E-state index contributed by atoms with van der Waals surface area (Å²) < 4.78 is 17.8. The molecule has 0 aromatic carbocycles. The molecule has 0 bridgehead atoms. The van der Waals surface area contributed by atoms with Gasteiger partial charge in [-0.05, 0) is 78.8 Å². The molecule has 8 heteroatoms. The monoisotopic (exact) mass is 612 g/mol. The predicted octanol–water partition coefficient (Wildman–Crippen LogP) is 6.97. The van der Waals surface area contributed by atoms with Crippen molar-refractivity contribution in [1.82, 2.24) is 0 Å². The van der Waals surface area contributed by atoms with Crippen LogP contribution >= 0.6 is 0 Å². The molecular weight excluding hydrogens is 560 g/mol. The quantitative estimate of drug-likeness (QED) is 0.177. The van der Waals surface area contributed by atoms with Crippen molar-refractivity contribution in [3.8, 4) is 0 Å². The first-order valence-electron chi connectivity index (χ1n) is 16.1. The highest BCUT2D eigenvalue weighted by atomic mass is 16.6. The Labute approximate surface area is 262 Å². The topological polar surface area (TPSA) is 116 Å². The number of carbonyl (C=O) groups is 4. The average Bonchev–Trinajstić information content (AvgIpc) is 3.13. The Morgan fingerprint density at radius 2 is 1.55 bits per heavy atom. The molecule has 8 nitrogen and oxygen atoms in total. The van der Waals surface area contributed by atoms with E-state index in [0.29, 0.717) is 12.8 Å². The maximum Gasteiger partial charge on any atom is 0.330 e. The smallest absolute Gasteiger partial charge is 0.330 e. The number of esters is 3. The Kier molecular flexibility index (Phi) is 9.11. The summed E-state index contributed by atoms with van der Waals surface area (Å²) in [5.41, 5.74) is 1.63. The van der Waals surface area contributed by atoms with Gasteiger partial charge < -0.3 is 19.3 Å². The van der Waals surface area contributed by atoms with Crippen LogP contribution in [0.3, 0.4) is 0 Å². The number of carboxylic acid groups (broad SMARTS) is 1. The minimum Gasteiger partial charge on any atom is -0.478 e. The normalized spacial score (nSPS) is 37.2. The fourth-order valence-electron chi connectivity index (χ4n) is 9.83. The standard InChI is InChI=1S/C36H52O8/c1-20(32(40)41)11-13-28(42-22(3)37)21(2)27-19-31(44-24(5)39)36(10)26-12-14-29-33(6,7)30(43-23(4)38)16-17-34(29,8)25(26)15-18-35(27,36)9/h11-12,15,21,27-31H,13-14,16-19H2,1-10H3,(H,40,41)/b20-11+/t21?,27-,28?,29+,30?,31?,34-,35+,36-/m1/s1. The zero-order valence-electron chi connectivity index (χ0n) is 28.2. The van der Waals surface area contributed by atoms with Gasteiger partial charge in [-0.25, -0.2) is 4.79 Å². The van der Waals surface area contributed by atoms with Gasteiger partial charge in [-0.2, -0.15) is 0 Å². The van der Waals surface area contributed by atoms with Crippen molar-refractivity contribution >= 4 is 23.9 Å². The van der Waals surface area contributed by atoms with Crippen LogP contribution in [0.4, 0.5) is 0 Å². The maximum atomic E-state index is 12.5. The van der Waals surface area contributed by atoms with Crippen LogP contribution in [-0.4, -0.2) is 47.3 Å². The van der Waals surface area contributed by atoms with Crippen LogP contribution in [-0.2, 0) is 33.4 Å². The van der Waals surface area contributed by atoms with Crippen LogP contribution < -0.4 is 0 Å². The number of rotatable bonds is 8. The maximum absolute atomic E-state index is 12.5. The molecule has 244 valence electrons. The molecule has 0 aromatic rings. The summed E-state index contributed by atoms with van der Waals surface area (Å²) in [5.74, 6) is -1.78. The summed E-state index contributed by atoms with van der Waals surface area (Å²) in [4.78, 5) is 48.2. The minimum absolute atomic E-state index is 0.0279. The van der Waals surface area contributed by atoms with Gasteiger partial charge in [0.2, 0.25) is 0 Å². The number of carbonyl (C=O) groups excluding carboxylic acids is 3. The van der Waals surface area contributed by atoms with Crippen LogP contribution in [0.25, 0.3) is 0 Å². The molecular formula is C36H52O8. The molecule has 9 atom stereocenters. The Morgan fingerprint density at radius 1 is 0.932 bits per heavy atom. The lowest BCUT2D eigenvalue weighted by Gasteiger charge is -2.61. The second-order valence-corrected chi connectivity index (χ2v) is 15.1. The summed E-state index contributed by atoms with van der Waals surface area (Å²) in [5, 5.41) is 9.41. The highest BCUT2D eigenvalue weighted by Crippen LogP contribution is 2.72. The van der Waals surface area contributed by atoms with E-state index in [0.717, 1.165) is 25.7 Å². The zero-order valence-corrected chi connectivity index (χ0v) is 28.2. The van der Waals surface area contributed by atoms with E-state index in [1.54, 1.807) is 13.0 Å². The molecule has 0 radical (unpaired) electrons. The number of fused-ring (bicyclic) bond motifs is 5. The third-order valence-electron chi connectivity index (χ3n) is 12.4. The van der Waals surface area contributed by atoms with E-state index >= 15 is 0 Å². The highest BCUT2D eigenvalue weighted by molar-refractivity contribution is 5.85. The van der Waals surface area contributed by atoms with Crippen molar-refractivity contribution in [2.45, 2.75) is 126 Å². The number of hydrogen-bond acceptors (Lipinski definition) is 7. The Balaban J connectivity index is 1.78. The van der Waals surface area contributed by atoms with Gasteiger partial charge in [0, 0.05) is 43.6 Å². The van der Waals surface area contributed by atoms with E-state index < -0.39 is 23.5 Å². The summed E-state index contributed by atoms with van der Waals surface area (Å²) in [6.45, 7) is 19.3. The number of allylic oxidation sites excluding steroid dienone is 3. The van der Waals surface area contributed by atoms with Crippen molar-refractivity contribution in [2.75, 3.05) is 0 Å². The van der Waals surface area contributed by atoms with Gasteiger partial charge in [-0.1, -0.05) is 59.8 Å². The Morgan fingerprint density at radius 3 is 2.11 bits per heavy atom. The van der Waals surface area contributed by atoms with Gasteiger partial charge in [-0.15, -0.1) is 0 Å². The summed E-state index contributed by atoms with van der Waals surface area (Å²) in [7, 11) is 0. The molecule has 0 aliphatic heterocycles. The Hall–Kier alpha value is -2.90. The summed E-state index contributed by atoms with van der Waals surface area (Å²) in [6.07, 6.45) is 9.58.